The molecule has 4 aromatic heterocycles. The Balaban J connectivity index is 1.41. The second-order valence-corrected chi connectivity index (χ2v) is 10.8. The molecule has 1 atom stereocenters. The van der Waals surface area contributed by atoms with E-state index >= 15 is 0 Å². The fraction of sp³-hybridized carbons (Fsp3) is 0.467. The minimum atomic E-state index is -0.406. The molecule has 0 bridgehead atoms. The molecular weight excluding hydrogens is 508 g/mol. The Morgan fingerprint density at radius 3 is 2.60 bits per heavy atom. The first-order valence-corrected chi connectivity index (χ1v) is 14.2. The van der Waals surface area contributed by atoms with Gasteiger partial charge >= 0.3 is 12.0 Å². The number of pyridine rings is 2. The van der Waals surface area contributed by atoms with E-state index in [1.165, 1.54) is 12.8 Å². The van der Waals surface area contributed by atoms with E-state index in [4.69, 9.17) is 19.4 Å². The maximum Gasteiger partial charge on any atom is 0.338 e. The average molecular weight is 545 g/mol. The van der Waals surface area contributed by atoms with Crippen LogP contribution in [0, 0.1) is 12.8 Å². The number of fused-ring (bicyclic) bond motifs is 2. The molecule has 0 spiro atoms. The lowest BCUT2D eigenvalue weighted by Gasteiger charge is -2.20. The number of hydrogen-bond acceptors (Lipinski definition) is 6. The molecule has 1 saturated carbocycles. The van der Waals surface area contributed by atoms with Crippen LogP contribution < -0.4 is 10.1 Å². The van der Waals surface area contributed by atoms with E-state index in [2.05, 4.69) is 22.0 Å². The smallest absolute Gasteiger partial charge is 0.338 e. The van der Waals surface area contributed by atoms with Gasteiger partial charge in [-0.25, -0.2) is 19.6 Å². The van der Waals surface area contributed by atoms with Crippen molar-refractivity contribution in [2.75, 3.05) is 26.8 Å². The Bertz CT molecular complexity index is 1600. The Morgan fingerprint density at radius 2 is 1.90 bits per heavy atom. The Labute approximate surface area is 233 Å². The van der Waals surface area contributed by atoms with Crippen LogP contribution in [0.2, 0.25) is 0 Å². The van der Waals surface area contributed by atoms with Gasteiger partial charge in [-0.3, -0.25) is 4.40 Å². The van der Waals surface area contributed by atoms with E-state index in [0.717, 1.165) is 66.3 Å². The van der Waals surface area contributed by atoms with Crippen molar-refractivity contribution < 1.29 is 19.1 Å². The van der Waals surface area contributed by atoms with Gasteiger partial charge in [0.05, 0.1) is 42.4 Å². The van der Waals surface area contributed by atoms with Crippen LogP contribution in [0.25, 0.3) is 28.1 Å². The molecular formula is C30H36N6O4. The van der Waals surface area contributed by atoms with Crippen molar-refractivity contribution in [2.45, 2.75) is 59.0 Å². The number of aryl methyl sites for hydroxylation is 1. The third-order valence-corrected chi connectivity index (χ3v) is 7.96. The Kier molecular flexibility index (Phi) is 6.85. The number of ether oxygens (including phenoxy) is 2. The monoisotopic (exact) mass is 544 g/mol. The molecule has 0 unspecified atom stereocenters. The van der Waals surface area contributed by atoms with Crippen LogP contribution in [-0.2, 0) is 11.3 Å². The SMILES string of the molecule is CCOC(=O)c1cc(OC)n2c(C)c(-c3cc4ccc([C@@H](C)NC(=O)N5CCCC5)nc4n3CC3CC3)nc2c1. The zero-order valence-corrected chi connectivity index (χ0v) is 23.6. The summed E-state index contributed by atoms with van der Waals surface area (Å²) in [6.07, 6.45) is 4.51. The van der Waals surface area contributed by atoms with Crippen LogP contribution in [0.1, 0.15) is 67.3 Å². The minimum Gasteiger partial charge on any atom is -0.482 e. The van der Waals surface area contributed by atoms with Crippen LogP contribution in [0.5, 0.6) is 5.88 Å². The molecule has 4 aromatic rings. The van der Waals surface area contributed by atoms with E-state index in [1.807, 2.05) is 29.2 Å². The number of amides is 2. The number of esters is 1. The van der Waals surface area contributed by atoms with Crippen molar-refractivity contribution in [3.63, 3.8) is 0 Å². The summed E-state index contributed by atoms with van der Waals surface area (Å²) in [6.45, 7) is 8.54. The lowest BCUT2D eigenvalue weighted by molar-refractivity contribution is 0.0525. The van der Waals surface area contributed by atoms with Crippen LogP contribution in [0.4, 0.5) is 4.79 Å². The Hall–Kier alpha value is -4.08. The van der Waals surface area contributed by atoms with Crippen LogP contribution in [0.15, 0.2) is 30.3 Å². The number of carbonyl (C=O) groups excluding carboxylic acids is 2. The number of nitrogens with zero attached hydrogens (tertiary/aromatic N) is 5. The van der Waals surface area contributed by atoms with Gasteiger partial charge in [0, 0.05) is 31.1 Å². The highest BCUT2D eigenvalue weighted by Gasteiger charge is 2.27. The fourth-order valence-corrected chi connectivity index (χ4v) is 5.60. The molecule has 0 aromatic carbocycles. The highest BCUT2D eigenvalue weighted by molar-refractivity contribution is 5.91. The summed E-state index contributed by atoms with van der Waals surface area (Å²) >= 11 is 0. The predicted molar refractivity (Wildman–Crippen MR) is 152 cm³/mol. The van der Waals surface area contributed by atoms with Crippen LogP contribution >= 0.6 is 0 Å². The number of imidazole rings is 1. The minimum absolute atomic E-state index is 0.0302. The van der Waals surface area contributed by atoms with Gasteiger partial charge in [0.25, 0.3) is 0 Å². The summed E-state index contributed by atoms with van der Waals surface area (Å²) < 4.78 is 15.1. The molecule has 6 rings (SSSR count). The van der Waals surface area contributed by atoms with Gasteiger partial charge in [-0.2, -0.15) is 0 Å². The van der Waals surface area contributed by atoms with E-state index in [0.29, 0.717) is 29.6 Å². The number of carbonyl (C=O) groups is 2. The molecule has 1 saturated heterocycles. The summed E-state index contributed by atoms with van der Waals surface area (Å²) in [7, 11) is 1.59. The molecule has 1 aliphatic carbocycles. The van der Waals surface area contributed by atoms with E-state index < -0.39 is 5.97 Å². The topological polar surface area (TPSA) is 103 Å². The maximum absolute atomic E-state index is 12.7. The molecule has 10 heteroatoms. The zero-order valence-electron chi connectivity index (χ0n) is 23.6. The van der Waals surface area contributed by atoms with Crippen LogP contribution in [-0.4, -0.2) is 62.6 Å². The highest BCUT2D eigenvalue weighted by Crippen LogP contribution is 2.37. The van der Waals surface area contributed by atoms with Gasteiger partial charge in [0.1, 0.15) is 17.0 Å². The summed E-state index contributed by atoms with van der Waals surface area (Å²) in [4.78, 5) is 37.1. The third kappa shape index (κ3) is 4.76. The van der Waals surface area contributed by atoms with Crippen LogP contribution in [0.3, 0.4) is 0 Å². The number of aromatic nitrogens is 4. The molecule has 5 heterocycles. The summed E-state index contributed by atoms with van der Waals surface area (Å²) in [5.41, 5.74) is 5.43. The molecule has 2 aliphatic rings. The number of likely N-dealkylation sites (tertiary alicyclic amines) is 1. The molecule has 0 radical (unpaired) electrons. The molecule has 10 nitrogen and oxygen atoms in total. The highest BCUT2D eigenvalue weighted by atomic mass is 16.5. The number of hydrogen-bond donors (Lipinski definition) is 1. The van der Waals surface area contributed by atoms with Gasteiger partial charge in [-0.15, -0.1) is 0 Å². The first-order chi connectivity index (χ1) is 19.4. The van der Waals surface area contributed by atoms with E-state index in [9.17, 15) is 9.59 Å². The van der Waals surface area contributed by atoms with Gasteiger partial charge in [-0.05, 0) is 76.6 Å². The molecule has 2 amide bonds. The summed E-state index contributed by atoms with van der Waals surface area (Å²) in [5.74, 6) is 0.718. The summed E-state index contributed by atoms with van der Waals surface area (Å²) in [5, 5.41) is 4.15. The van der Waals surface area contributed by atoms with Gasteiger partial charge in [0.2, 0.25) is 0 Å². The normalized spacial score (nSPS) is 16.1. The predicted octanol–water partition coefficient (Wildman–Crippen LogP) is 5.12. The van der Waals surface area contributed by atoms with Gasteiger partial charge < -0.3 is 24.3 Å². The second kappa shape index (κ2) is 10.5. The number of urea groups is 1. The molecule has 40 heavy (non-hydrogen) atoms. The van der Waals surface area contributed by atoms with E-state index in [1.54, 1.807) is 26.2 Å². The van der Waals surface area contributed by atoms with Crippen molar-refractivity contribution in [3.8, 4) is 17.3 Å². The molecule has 210 valence electrons. The number of methoxy groups -OCH3 is 1. The van der Waals surface area contributed by atoms with Crippen molar-refractivity contribution in [1.82, 2.24) is 29.2 Å². The van der Waals surface area contributed by atoms with Crippen molar-refractivity contribution in [2.24, 2.45) is 5.92 Å². The fourth-order valence-electron chi connectivity index (χ4n) is 5.60. The van der Waals surface area contributed by atoms with E-state index in [-0.39, 0.29) is 12.1 Å². The average Bonchev–Trinajstić information content (AvgIpc) is 3.32. The standard InChI is InChI=1S/C30H36N6O4/c1-5-40-29(37)22-15-25-33-27(19(3)36(25)26(16-22)39-4)24-14-21-10-11-23(32-28(21)35(24)17-20-8-9-20)18(2)31-30(38)34-12-6-7-13-34/h10-11,14-16,18,20H,5-9,12-13,17H2,1-4H3,(H,31,38)/t18-/m1/s1. The lowest BCUT2D eigenvalue weighted by Crippen LogP contribution is -2.39. The third-order valence-electron chi connectivity index (χ3n) is 7.96. The lowest BCUT2D eigenvalue weighted by atomic mass is 10.2. The molecule has 1 N–H and O–H groups in total. The largest absolute Gasteiger partial charge is 0.482 e. The van der Waals surface area contributed by atoms with Crippen molar-refractivity contribution >= 4 is 28.7 Å². The first kappa shape index (κ1) is 26.2. The quantitative estimate of drug-likeness (QED) is 0.309. The Morgan fingerprint density at radius 1 is 1.12 bits per heavy atom. The van der Waals surface area contributed by atoms with Gasteiger partial charge in [-0.1, -0.05) is 0 Å². The number of rotatable bonds is 8. The van der Waals surface area contributed by atoms with Gasteiger partial charge in [0.15, 0.2) is 5.88 Å². The molecule has 2 fully saturated rings. The molecule has 1 aliphatic heterocycles. The van der Waals surface area contributed by atoms with Crippen molar-refractivity contribution in [1.29, 1.82) is 0 Å². The summed E-state index contributed by atoms with van der Waals surface area (Å²) in [6, 6.07) is 9.39. The second-order valence-electron chi connectivity index (χ2n) is 10.8. The zero-order chi connectivity index (χ0) is 28.0. The maximum atomic E-state index is 12.7. The van der Waals surface area contributed by atoms with Crippen molar-refractivity contribution in [3.05, 3.63) is 47.3 Å². The number of nitrogens with one attached hydrogen (secondary N) is 1. The first-order valence-electron chi connectivity index (χ1n) is 14.2.